The Morgan fingerprint density at radius 2 is 1.42 bits per heavy atom. The van der Waals surface area contributed by atoms with E-state index in [0.29, 0.717) is 55.2 Å². The van der Waals surface area contributed by atoms with Gasteiger partial charge in [0, 0.05) is 99.6 Å². The number of carbonyl (C=O) groups excluding carboxylic acids is 1. The molecule has 4 N–H and O–H groups in total. The summed E-state index contributed by atoms with van der Waals surface area (Å²) in [5.41, 5.74) is 4.45. The summed E-state index contributed by atoms with van der Waals surface area (Å²) in [6.07, 6.45) is 17.8. The first-order valence-corrected chi connectivity index (χ1v) is 21.4. The number of imidazole rings is 1. The molecule has 2 aliphatic heterocycles. The molecule has 5 heterocycles. The number of anilines is 2. The quantitative estimate of drug-likeness (QED) is 0.0551. The standard InChI is InChI=1S/C26H27N9O3.C26H2.H3N9O3.12H2/c1-16-14-37-9-7-34(16)23-12-27-20(11-22(23)33-13-21(28-15-33)17-5-6-17)26(36)29-19-4-2-3-18-24(19)38-10-8-35-25(18)30-31-32-35;1-3-5-7-9-11-13-15-17-19-21-23-25-26-24-22-20-18-16-14-12-10-8-6-4-2;1-2-3-4-5-6-7-8-9(10)12-11;;;;;;;;;;;;/h2-4,11-13,15-17H,5-10,14H2,1H3,(H,29,36);1-2H;11H,(H2,1,3,5,7);12*1H/t16-;;;;;;;;;;;;;;/m1............../s1. The molecule has 0 radical (unpaired) electrons. The topological polar surface area (TPSA) is 293 Å². The van der Waals surface area contributed by atoms with Crippen LogP contribution in [-0.4, -0.2) is 83.3 Å². The second-order valence-corrected chi connectivity index (χ2v) is 13.9. The van der Waals surface area contributed by atoms with Gasteiger partial charge in [-0.05, 0) is 148 Å². The van der Waals surface area contributed by atoms with Gasteiger partial charge < -0.3 is 40.3 Å². The molecule has 1 amide bonds. The number of para-hydroxylation sites is 1. The Hall–Kier alpha value is -12.3. The van der Waals surface area contributed by atoms with Crippen molar-refractivity contribution < 1.29 is 46.7 Å². The number of terminal acetylenes is 2. The summed E-state index contributed by atoms with van der Waals surface area (Å²) < 4.78 is 15.3. The molecule has 4 aromatic rings. The number of nitrogens with zero attached hydrogens (tertiary/aromatic N) is 16. The van der Waals surface area contributed by atoms with Crippen molar-refractivity contribution >= 4 is 17.3 Å². The van der Waals surface area contributed by atoms with Crippen molar-refractivity contribution in [1.29, 1.82) is 0 Å². The van der Waals surface area contributed by atoms with E-state index in [4.69, 9.17) is 27.6 Å². The highest BCUT2D eigenvalue weighted by atomic mass is 17.2. The predicted octanol–water partition coefficient (Wildman–Crippen LogP) is 6.24. The van der Waals surface area contributed by atoms with Crippen LogP contribution in [0.1, 0.15) is 59.0 Å². The Morgan fingerprint density at radius 1 is 0.829 bits per heavy atom. The summed E-state index contributed by atoms with van der Waals surface area (Å²) in [5.74, 6) is 64.0. The number of fused-ring (bicyclic) bond motifs is 3. The molecule has 1 aliphatic carbocycles. The molecule has 0 bridgehead atoms. The van der Waals surface area contributed by atoms with Crippen LogP contribution in [0.15, 0.2) is 79.5 Å². The predicted molar refractivity (Wildman–Crippen MR) is 295 cm³/mol. The van der Waals surface area contributed by atoms with Crippen LogP contribution < -0.4 is 20.8 Å². The molecule has 2 fully saturated rings. The molecule has 0 unspecified atom stereocenters. The number of rotatable bonds is 9. The van der Waals surface area contributed by atoms with E-state index in [9.17, 15) is 10.0 Å². The number of morpholine rings is 1. The van der Waals surface area contributed by atoms with Crippen molar-refractivity contribution in [2.75, 3.05) is 36.6 Å². The van der Waals surface area contributed by atoms with Crippen LogP contribution >= 0.6 is 0 Å². The van der Waals surface area contributed by atoms with Gasteiger partial charge in [-0.25, -0.2) is 14.6 Å². The van der Waals surface area contributed by atoms with E-state index in [1.165, 1.54) is 12.8 Å². The Bertz CT molecular complexity index is 3710. The lowest BCUT2D eigenvalue weighted by atomic mass is 10.1. The fourth-order valence-electron chi connectivity index (χ4n) is 5.91. The molecule has 7 rings (SSSR count). The Labute approximate surface area is 452 Å². The minimum Gasteiger partial charge on any atom is -0.489 e. The molecule has 1 aromatic carbocycles. The zero-order valence-electron chi connectivity index (χ0n) is 39.5. The third kappa shape index (κ3) is 18.6. The maximum atomic E-state index is 13.5. The van der Waals surface area contributed by atoms with Crippen molar-refractivity contribution in [1.82, 2.24) is 34.7 Å². The number of nitrogens with two attached hydrogens (primary N) is 1. The van der Waals surface area contributed by atoms with Gasteiger partial charge in [-0.1, -0.05) is 11.3 Å². The summed E-state index contributed by atoms with van der Waals surface area (Å²) in [6.45, 7) is 5.07. The van der Waals surface area contributed by atoms with Crippen molar-refractivity contribution in [3.63, 3.8) is 0 Å². The molecule has 1 atom stereocenters. The van der Waals surface area contributed by atoms with Gasteiger partial charge >= 0.3 is 0 Å². The van der Waals surface area contributed by atoms with Crippen molar-refractivity contribution in [3.8, 4) is 178 Å². The van der Waals surface area contributed by atoms with E-state index in [-0.39, 0.29) is 29.1 Å². The smallest absolute Gasteiger partial charge is 0.274 e. The average Bonchev–Trinajstić information content (AvgIpc) is 4.12. The van der Waals surface area contributed by atoms with Crippen LogP contribution in [0.5, 0.6) is 5.75 Å². The zero-order chi connectivity index (χ0) is 53.8. The maximum absolute atomic E-state index is 13.5. The SMILES string of the molecule is C#CC#CC#CC#CC#CC#CC#CC#CC#CC#CC#CC#CC#C.C[C@@H]1COCCN1c1cnc(C(=O)Nc2cccc3c2OCCn2nnnc2-3)cc1-n1cnc(C2CC2)c1.NN=NN=NN=NN=[N+]([O-])OO.[HH].[HH].[HH].[HH].[HH].[HH].[HH].[HH].[HH].[HH].[HH].[HH]. The van der Waals surface area contributed by atoms with Crippen LogP contribution in [0.2, 0.25) is 0 Å². The first-order chi connectivity index (χ1) is 37.4. The van der Waals surface area contributed by atoms with E-state index < -0.39 is 5.02 Å². The van der Waals surface area contributed by atoms with E-state index in [1.54, 1.807) is 16.9 Å². The van der Waals surface area contributed by atoms with Crippen LogP contribution in [0.4, 0.5) is 11.4 Å². The zero-order valence-corrected chi connectivity index (χ0v) is 39.5. The molecule has 0 spiro atoms. The summed E-state index contributed by atoms with van der Waals surface area (Å²) in [6, 6.07) is 7.54. The van der Waals surface area contributed by atoms with Crippen LogP contribution in [-0.2, 0) is 16.3 Å². The third-order valence-corrected chi connectivity index (χ3v) is 9.08. The van der Waals surface area contributed by atoms with Gasteiger partial charge in [0.05, 0.1) is 65.6 Å². The number of nitrogens with one attached hydrogen (secondary N) is 1. The summed E-state index contributed by atoms with van der Waals surface area (Å²) in [7, 11) is 0. The summed E-state index contributed by atoms with van der Waals surface area (Å²) >= 11 is 0. The molecule has 3 aliphatic rings. The first kappa shape index (κ1) is 54.7. The lowest BCUT2D eigenvalue weighted by Crippen LogP contribution is -2.44. The summed E-state index contributed by atoms with van der Waals surface area (Å²) in [5, 5.41) is 50.9. The minimum atomic E-state index is -0.622. The van der Waals surface area contributed by atoms with Crippen LogP contribution in [0.25, 0.3) is 17.1 Å². The molecule has 24 heteroatoms. The third-order valence-electron chi connectivity index (χ3n) is 9.08. The van der Waals surface area contributed by atoms with Crippen molar-refractivity contribution in [2.24, 2.45) is 42.4 Å². The largest absolute Gasteiger partial charge is 0.489 e. The molecule has 24 nitrogen and oxygen atoms in total. The van der Waals surface area contributed by atoms with E-state index in [0.717, 1.165) is 29.2 Å². The lowest BCUT2D eigenvalue weighted by Gasteiger charge is -2.36. The minimum absolute atomic E-state index is 0. The number of aromatic nitrogens is 7. The highest BCUT2D eigenvalue weighted by molar-refractivity contribution is 6.05. The highest BCUT2D eigenvalue weighted by Crippen LogP contribution is 2.40. The summed E-state index contributed by atoms with van der Waals surface area (Å²) in [4.78, 5) is 28.0. The highest BCUT2D eigenvalue weighted by Gasteiger charge is 2.28. The monoisotopic (exact) mass is 1030 g/mol. The average molecular weight is 1030 g/mol. The molecule has 1 saturated heterocycles. The second kappa shape index (κ2) is 31.8. The molecule has 3 aromatic heterocycles. The van der Waals surface area contributed by atoms with Gasteiger partial charge in [0.1, 0.15) is 17.5 Å². The van der Waals surface area contributed by atoms with Gasteiger partial charge in [0.2, 0.25) is 10.4 Å². The van der Waals surface area contributed by atoms with Crippen molar-refractivity contribution in [3.05, 3.63) is 59.6 Å². The molecule has 76 heavy (non-hydrogen) atoms. The fraction of sp³-hybridized carbons (Fsp3) is 0.192. The Morgan fingerprint density at radius 3 is 1.99 bits per heavy atom. The van der Waals surface area contributed by atoms with Crippen LogP contribution in [0.3, 0.4) is 0 Å². The maximum Gasteiger partial charge on any atom is 0.274 e. The number of benzene rings is 1. The first-order valence-electron chi connectivity index (χ1n) is 21.4. The molecular formula is C52H56N18O6. The van der Waals surface area contributed by atoms with Gasteiger partial charge in [0.25, 0.3) is 5.91 Å². The number of hydrogen-bond donors (Lipinski definition) is 3. The van der Waals surface area contributed by atoms with Gasteiger partial charge in [-0.3, -0.25) is 10.1 Å². The second-order valence-electron chi connectivity index (χ2n) is 13.9. The van der Waals surface area contributed by atoms with Gasteiger partial charge in [-0.2, -0.15) is 0 Å². The van der Waals surface area contributed by atoms with E-state index in [2.05, 4.69) is 238 Å². The van der Waals surface area contributed by atoms with Gasteiger partial charge in [0.15, 0.2) is 11.6 Å². The number of ether oxygens (including phenoxy) is 2. The Balaban J connectivity index is -0.000000190. The van der Waals surface area contributed by atoms with Gasteiger partial charge in [-0.15, -0.1) is 17.9 Å². The molecule has 390 valence electrons. The number of tetrazole rings is 1. The van der Waals surface area contributed by atoms with Crippen LogP contribution in [0, 0.1) is 160 Å². The van der Waals surface area contributed by atoms with E-state index >= 15 is 0 Å². The molecule has 1 saturated carbocycles. The fourth-order valence-corrected chi connectivity index (χ4v) is 5.91. The van der Waals surface area contributed by atoms with E-state index in [1.807, 2.05) is 29.1 Å². The number of amides is 1. The van der Waals surface area contributed by atoms with Crippen molar-refractivity contribution in [2.45, 2.75) is 38.3 Å². The molecular weight excluding hydrogens is 973 g/mol. The number of hydrogen-bond acceptors (Lipinski definition) is 13. The normalized spacial score (nSPS) is 12.8. The number of pyridine rings is 1. The Kier molecular flexibility index (Phi) is 22.8. The lowest BCUT2D eigenvalue weighted by molar-refractivity contribution is -0.873. The number of carbonyl (C=O) groups is 1.